The number of likely N-dealkylation sites (tertiary alicyclic amines) is 1. The van der Waals surface area contributed by atoms with Crippen LogP contribution >= 0.6 is 0 Å². The molecule has 1 atom stereocenters. The molecule has 0 spiro atoms. The molecule has 0 unspecified atom stereocenters. The first-order chi connectivity index (χ1) is 11.7. The number of aliphatic hydroxyl groups is 1. The number of carbonyl (C=O) groups is 1. The number of nitrogens with one attached hydrogen (secondary N) is 1. The highest BCUT2D eigenvalue weighted by molar-refractivity contribution is 5.92. The third-order valence-corrected chi connectivity index (χ3v) is 5.18. The summed E-state index contributed by atoms with van der Waals surface area (Å²) in [6.45, 7) is 0.837. The number of aromatic amines is 1. The van der Waals surface area contributed by atoms with Crippen molar-refractivity contribution in [2.75, 3.05) is 13.1 Å². The average molecular weight is 330 g/mol. The topological polar surface area (TPSA) is 99.9 Å². The second kappa shape index (κ2) is 6.01. The van der Waals surface area contributed by atoms with E-state index in [9.17, 15) is 9.90 Å². The van der Waals surface area contributed by atoms with Gasteiger partial charge in [0.1, 0.15) is 17.0 Å². The van der Waals surface area contributed by atoms with Crippen molar-refractivity contribution in [3.8, 4) is 0 Å². The normalized spacial score (nSPS) is 25.3. The summed E-state index contributed by atoms with van der Waals surface area (Å²) in [5.74, 6) is -0.131. The number of hydrogen-bond donors (Lipinski definition) is 2. The van der Waals surface area contributed by atoms with E-state index < -0.39 is 5.60 Å². The minimum Gasteiger partial charge on any atom is -0.382 e. The number of hydrogen-bond acceptors (Lipinski definition) is 5. The molecule has 2 aliphatic rings. The number of β-amino-alcohol motifs (C(OH)–C–C–N with tert-alkyl or cyclic N) is 1. The molecule has 24 heavy (non-hydrogen) atoms. The fraction of sp³-hybridized carbons (Fsp3) is 0.625. The van der Waals surface area contributed by atoms with E-state index in [-0.39, 0.29) is 12.5 Å². The maximum absolute atomic E-state index is 12.8. The summed E-state index contributed by atoms with van der Waals surface area (Å²) in [5.41, 5.74) is -0.211. The van der Waals surface area contributed by atoms with Crippen LogP contribution in [0, 0.1) is 0 Å². The van der Waals surface area contributed by atoms with Gasteiger partial charge in [-0.3, -0.25) is 9.48 Å². The molecule has 1 aliphatic heterocycles. The van der Waals surface area contributed by atoms with Crippen LogP contribution in [0.4, 0.5) is 0 Å². The smallest absolute Gasteiger partial charge is 0.274 e. The molecule has 128 valence electrons. The maximum Gasteiger partial charge on any atom is 0.274 e. The number of nitrogens with zero attached hydrogens (tertiary/aromatic N) is 5. The fourth-order valence-electron chi connectivity index (χ4n) is 3.83. The lowest BCUT2D eigenvalue weighted by molar-refractivity contribution is -0.0322. The van der Waals surface area contributed by atoms with Crippen molar-refractivity contribution in [1.29, 1.82) is 0 Å². The number of piperidine rings is 1. The van der Waals surface area contributed by atoms with Gasteiger partial charge in [-0.05, 0) is 31.7 Å². The maximum atomic E-state index is 12.8. The van der Waals surface area contributed by atoms with E-state index in [0.717, 1.165) is 19.3 Å². The largest absolute Gasteiger partial charge is 0.382 e. The van der Waals surface area contributed by atoms with Crippen LogP contribution in [0.1, 0.15) is 60.7 Å². The van der Waals surface area contributed by atoms with Gasteiger partial charge in [0.05, 0.1) is 18.8 Å². The Kier molecular flexibility index (Phi) is 3.84. The SMILES string of the molecule is O=C(c1ccn(C2CCCC2)n1)N1CCC[C@@](O)(c2cn[nH]n2)C1. The van der Waals surface area contributed by atoms with Gasteiger partial charge in [-0.2, -0.15) is 20.5 Å². The van der Waals surface area contributed by atoms with Crippen LogP contribution in [0.5, 0.6) is 0 Å². The highest BCUT2D eigenvalue weighted by Crippen LogP contribution is 2.31. The monoisotopic (exact) mass is 330 g/mol. The van der Waals surface area contributed by atoms with E-state index in [4.69, 9.17) is 0 Å². The van der Waals surface area contributed by atoms with E-state index >= 15 is 0 Å². The van der Waals surface area contributed by atoms with Crippen LogP contribution in [-0.2, 0) is 5.60 Å². The number of amides is 1. The van der Waals surface area contributed by atoms with Crippen LogP contribution in [0.15, 0.2) is 18.5 Å². The van der Waals surface area contributed by atoms with E-state index in [1.54, 1.807) is 11.0 Å². The molecule has 8 nitrogen and oxygen atoms in total. The molecule has 0 bridgehead atoms. The Hall–Kier alpha value is -2.22. The lowest BCUT2D eigenvalue weighted by atomic mass is 9.90. The van der Waals surface area contributed by atoms with Crippen molar-refractivity contribution in [2.24, 2.45) is 0 Å². The summed E-state index contributed by atoms with van der Waals surface area (Å²) in [6, 6.07) is 2.20. The van der Waals surface area contributed by atoms with Gasteiger partial charge in [0.25, 0.3) is 5.91 Å². The fourth-order valence-corrected chi connectivity index (χ4v) is 3.83. The van der Waals surface area contributed by atoms with Gasteiger partial charge in [0.15, 0.2) is 0 Å². The zero-order valence-corrected chi connectivity index (χ0v) is 13.6. The molecule has 1 amide bonds. The average Bonchev–Trinajstić information content (AvgIpc) is 3.36. The third kappa shape index (κ3) is 2.71. The Bertz CT molecular complexity index is 706. The predicted molar refractivity (Wildman–Crippen MR) is 85.1 cm³/mol. The minimum atomic E-state index is -1.14. The second-order valence-electron chi connectivity index (χ2n) is 6.84. The Morgan fingerprint density at radius 1 is 1.33 bits per heavy atom. The quantitative estimate of drug-likeness (QED) is 0.882. The zero-order chi connectivity index (χ0) is 16.6. The van der Waals surface area contributed by atoms with E-state index in [0.29, 0.717) is 30.4 Å². The second-order valence-corrected chi connectivity index (χ2v) is 6.84. The Morgan fingerprint density at radius 3 is 2.92 bits per heavy atom. The Balaban J connectivity index is 1.50. The summed E-state index contributed by atoms with van der Waals surface area (Å²) >= 11 is 0. The van der Waals surface area contributed by atoms with Gasteiger partial charge in [-0.1, -0.05) is 12.8 Å². The molecule has 2 fully saturated rings. The number of aromatic nitrogens is 5. The van der Waals surface area contributed by atoms with Crippen molar-refractivity contribution in [1.82, 2.24) is 30.1 Å². The first-order valence-corrected chi connectivity index (χ1v) is 8.59. The molecule has 1 aliphatic carbocycles. The lowest BCUT2D eigenvalue weighted by Crippen LogP contribution is -2.48. The molecule has 1 saturated heterocycles. The summed E-state index contributed by atoms with van der Waals surface area (Å²) in [6.07, 6.45) is 9.42. The molecule has 2 aromatic rings. The van der Waals surface area contributed by atoms with E-state index in [2.05, 4.69) is 20.5 Å². The summed E-state index contributed by atoms with van der Waals surface area (Å²) in [5, 5.41) is 25.6. The molecule has 8 heteroatoms. The lowest BCUT2D eigenvalue weighted by Gasteiger charge is -2.37. The van der Waals surface area contributed by atoms with E-state index in [1.165, 1.54) is 19.0 Å². The molecular weight excluding hydrogens is 308 g/mol. The van der Waals surface area contributed by atoms with Crippen LogP contribution in [-0.4, -0.2) is 54.2 Å². The summed E-state index contributed by atoms with van der Waals surface area (Å²) in [4.78, 5) is 14.4. The molecule has 0 radical (unpaired) electrons. The molecule has 2 N–H and O–H groups in total. The standard InChI is InChI=1S/C16H22N6O2/c23-15(13-6-9-22(19-13)12-4-1-2-5-12)21-8-3-7-16(24,11-21)14-10-17-20-18-14/h6,9-10,12,24H,1-5,7-8,11H2,(H,17,18,20)/t16-/m0/s1. The molecular formula is C16H22N6O2. The van der Waals surface area contributed by atoms with Crippen LogP contribution < -0.4 is 0 Å². The number of rotatable bonds is 3. The van der Waals surface area contributed by atoms with Crippen molar-refractivity contribution >= 4 is 5.91 Å². The zero-order valence-electron chi connectivity index (χ0n) is 13.6. The van der Waals surface area contributed by atoms with Crippen molar-refractivity contribution in [2.45, 2.75) is 50.2 Å². The molecule has 0 aromatic carbocycles. The molecule has 4 rings (SSSR count). The molecule has 3 heterocycles. The first-order valence-electron chi connectivity index (χ1n) is 8.59. The van der Waals surface area contributed by atoms with Crippen LogP contribution in [0.25, 0.3) is 0 Å². The highest BCUT2D eigenvalue weighted by Gasteiger charge is 2.39. The van der Waals surface area contributed by atoms with Crippen molar-refractivity contribution in [3.63, 3.8) is 0 Å². The van der Waals surface area contributed by atoms with Gasteiger partial charge >= 0.3 is 0 Å². The van der Waals surface area contributed by atoms with Gasteiger partial charge in [-0.25, -0.2) is 0 Å². The molecule has 1 saturated carbocycles. The summed E-state index contributed by atoms with van der Waals surface area (Å²) in [7, 11) is 0. The van der Waals surface area contributed by atoms with Gasteiger partial charge < -0.3 is 10.0 Å². The van der Waals surface area contributed by atoms with Crippen molar-refractivity contribution in [3.05, 3.63) is 29.8 Å². The van der Waals surface area contributed by atoms with Gasteiger partial charge in [0.2, 0.25) is 0 Å². The third-order valence-electron chi connectivity index (χ3n) is 5.18. The van der Waals surface area contributed by atoms with Gasteiger partial charge in [0, 0.05) is 12.7 Å². The van der Waals surface area contributed by atoms with Crippen LogP contribution in [0.3, 0.4) is 0 Å². The highest BCUT2D eigenvalue weighted by atomic mass is 16.3. The number of H-pyrrole nitrogens is 1. The van der Waals surface area contributed by atoms with E-state index in [1.807, 2.05) is 10.9 Å². The Morgan fingerprint density at radius 2 is 2.17 bits per heavy atom. The summed E-state index contributed by atoms with van der Waals surface area (Å²) < 4.78 is 1.92. The minimum absolute atomic E-state index is 0.131. The predicted octanol–water partition coefficient (Wildman–Crippen LogP) is 1.24. The number of carbonyl (C=O) groups excluding carboxylic acids is 1. The van der Waals surface area contributed by atoms with Crippen LogP contribution in [0.2, 0.25) is 0 Å². The van der Waals surface area contributed by atoms with Gasteiger partial charge in [-0.15, -0.1) is 0 Å². The Labute approximate surface area is 139 Å². The first kappa shape index (κ1) is 15.3. The molecule has 2 aromatic heterocycles. The van der Waals surface area contributed by atoms with Crippen molar-refractivity contribution < 1.29 is 9.90 Å².